The number of hydrogen-bond donors (Lipinski definition) is 0. The molecular formula is C31H38N4O2S. The summed E-state index contributed by atoms with van der Waals surface area (Å²) in [5.41, 5.74) is 6.79. The van der Waals surface area contributed by atoms with Crippen molar-refractivity contribution >= 4 is 45.9 Å². The number of benzene rings is 2. The lowest BCUT2D eigenvalue weighted by Gasteiger charge is -2.41. The van der Waals surface area contributed by atoms with Crippen LogP contribution in [-0.2, 0) is 9.53 Å². The smallest absolute Gasteiger partial charge is 0.266 e. The molecule has 3 heterocycles. The lowest BCUT2D eigenvalue weighted by molar-refractivity contribution is -0.122. The van der Waals surface area contributed by atoms with E-state index in [4.69, 9.17) is 9.73 Å². The van der Waals surface area contributed by atoms with Gasteiger partial charge in [-0.15, -0.1) is 0 Å². The number of aliphatic imine (C=N–C) groups is 1. The van der Waals surface area contributed by atoms with Crippen molar-refractivity contribution < 1.29 is 9.53 Å². The third-order valence-corrected chi connectivity index (χ3v) is 8.73. The van der Waals surface area contributed by atoms with Gasteiger partial charge in [-0.2, -0.15) is 0 Å². The van der Waals surface area contributed by atoms with Crippen LogP contribution < -0.4 is 4.90 Å². The number of allylic oxidation sites excluding steroid dienone is 1. The molecule has 0 aliphatic carbocycles. The molecule has 0 spiro atoms. The predicted molar refractivity (Wildman–Crippen MR) is 160 cm³/mol. The normalized spacial score (nSPS) is 21.8. The maximum atomic E-state index is 13.7. The Balaban J connectivity index is 1.43. The average molecular weight is 531 g/mol. The van der Waals surface area contributed by atoms with Crippen LogP contribution >= 0.6 is 11.8 Å². The number of rotatable bonds is 6. The molecule has 2 saturated heterocycles. The number of amidine groups is 1. The SMILES string of the molecule is CC1=CC(C)(C)N(C)c2cc(C)c(/C=C3/SC(=Nc4ccccc4)N(CCCN4CCOCC4)C3=O)cc21. The third kappa shape index (κ3) is 5.60. The number of anilines is 1. The van der Waals surface area contributed by atoms with Crippen molar-refractivity contribution in [2.24, 2.45) is 4.99 Å². The number of thioether (sulfide) groups is 1. The number of hydrogen-bond acceptors (Lipinski definition) is 6. The zero-order valence-electron chi connectivity index (χ0n) is 23.2. The first-order valence-electron chi connectivity index (χ1n) is 13.5. The van der Waals surface area contributed by atoms with Gasteiger partial charge in [-0.25, -0.2) is 4.99 Å². The third-order valence-electron chi connectivity index (χ3n) is 7.72. The molecule has 3 aliphatic rings. The lowest BCUT2D eigenvalue weighted by atomic mass is 9.87. The summed E-state index contributed by atoms with van der Waals surface area (Å²) in [4.78, 5) is 25.9. The Morgan fingerprint density at radius 3 is 2.55 bits per heavy atom. The molecule has 6 nitrogen and oxygen atoms in total. The molecule has 0 saturated carbocycles. The second kappa shape index (κ2) is 11.1. The lowest BCUT2D eigenvalue weighted by Crippen LogP contribution is -2.42. The molecule has 5 rings (SSSR count). The van der Waals surface area contributed by atoms with Gasteiger partial charge >= 0.3 is 0 Å². The molecule has 0 bridgehead atoms. The summed E-state index contributed by atoms with van der Waals surface area (Å²) in [6, 6.07) is 14.4. The van der Waals surface area contributed by atoms with Crippen LogP contribution in [0.2, 0.25) is 0 Å². The first-order chi connectivity index (χ1) is 18.2. The summed E-state index contributed by atoms with van der Waals surface area (Å²) in [6.07, 6.45) is 5.27. The highest BCUT2D eigenvalue weighted by Gasteiger charge is 2.34. The van der Waals surface area contributed by atoms with E-state index < -0.39 is 0 Å². The summed E-state index contributed by atoms with van der Waals surface area (Å²) < 4.78 is 5.48. The fourth-order valence-electron chi connectivity index (χ4n) is 5.29. The van der Waals surface area contributed by atoms with Crippen LogP contribution in [0.1, 0.15) is 43.9 Å². The maximum absolute atomic E-state index is 13.7. The number of amides is 1. The number of likely N-dealkylation sites (N-methyl/N-ethyl adjacent to an activating group) is 1. The summed E-state index contributed by atoms with van der Waals surface area (Å²) in [5.74, 6) is 0.0364. The predicted octanol–water partition coefficient (Wildman–Crippen LogP) is 5.95. The van der Waals surface area contributed by atoms with Crippen LogP contribution in [0.25, 0.3) is 11.6 Å². The van der Waals surface area contributed by atoms with Gasteiger partial charge in [-0.1, -0.05) is 24.3 Å². The minimum Gasteiger partial charge on any atom is -0.379 e. The van der Waals surface area contributed by atoms with Crippen LogP contribution in [0.15, 0.2) is 58.4 Å². The second-order valence-corrected chi connectivity index (χ2v) is 11.9. The van der Waals surface area contributed by atoms with E-state index in [0.717, 1.165) is 66.2 Å². The Morgan fingerprint density at radius 2 is 1.82 bits per heavy atom. The summed E-state index contributed by atoms with van der Waals surface area (Å²) in [5, 5.41) is 0.752. The Bertz CT molecular complexity index is 1290. The Morgan fingerprint density at radius 1 is 1.08 bits per heavy atom. The molecule has 0 aromatic heterocycles. The Labute approximate surface area is 231 Å². The summed E-state index contributed by atoms with van der Waals surface area (Å²) in [7, 11) is 2.15. The van der Waals surface area contributed by atoms with Crippen molar-refractivity contribution in [1.82, 2.24) is 9.80 Å². The van der Waals surface area contributed by atoms with Crippen LogP contribution in [0.3, 0.4) is 0 Å². The van der Waals surface area contributed by atoms with E-state index >= 15 is 0 Å². The molecule has 3 aliphatic heterocycles. The fraction of sp³-hybridized carbons (Fsp3) is 0.419. The minimum absolute atomic E-state index is 0.0364. The molecule has 0 unspecified atom stereocenters. The van der Waals surface area contributed by atoms with Crippen LogP contribution in [0.5, 0.6) is 0 Å². The highest BCUT2D eigenvalue weighted by atomic mass is 32.2. The maximum Gasteiger partial charge on any atom is 0.266 e. The van der Waals surface area contributed by atoms with Crippen molar-refractivity contribution in [3.05, 3.63) is 70.1 Å². The highest BCUT2D eigenvalue weighted by Crippen LogP contribution is 2.41. The van der Waals surface area contributed by atoms with Gasteiger partial charge in [0.2, 0.25) is 0 Å². The average Bonchev–Trinajstić information content (AvgIpc) is 3.18. The van der Waals surface area contributed by atoms with E-state index in [2.05, 4.69) is 68.8 Å². The molecule has 0 atom stereocenters. The number of para-hydroxylation sites is 1. The molecule has 0 N–H and O–H groups in total. The van der Waals surface area contributed by atoms with Gasteiger partial charge in [-0.05, 0) is 92.9 Å². The van der Waals surface area contributed by atoms with Crippen LogP contribution in [0, 0.1) is 6.92 Å². The quantitative estimate of drug-likeness (QED) is 0.432. The van der Waals surface area contributed by atoms with Gasteiger partial charge in [0.05, 0.1) is 29.3 Å². The van der Waals surface area contributed by atoms with Crippen molar-refractivity contribution in [2.45, 2.75) is 39.7 Å². The molecule has 2 aromatic rings. The number of nitrogens with zero attached hydrogens (tertiary/aromatic N) is 4. The van der Waals surface area contributed by atoms with Gasteiger partial charge in [0.25, 0.3) is 5.91 Å². The van der Waals surface area contributed by atoms with Crippen molar-refractivity contribution in [2.75, 3.05) is 51.3 Å². The first kappa shape index (κ1) is 26.7. The monoisotopic (exact) mass is 530 g/mol. The standard InChI is InChI=1S/C31H38N4O2S/c1-22-18-27-26(23(2)21-31(3,4)33(27)5)19-24(22)20-28-29(36)35(13-9-12-34-14-16-37-17-15-34)30(38-28)32-25-10-7-6-8-11-25/h6-8,10-11,18-21H,9,12-17H2,1-5H3/b28-20+,32-30?. The summed E-state index contributed by atoms with van der Waals surface area (Å²) in [6.45, 7) is 13.9. The van der Waals surface area contributed by atoms with E-state index in [9.17, 15) is 4.79 Å². The molecule has 200 valence electrons. The Kier molecular flexibility index (Phi) is 7.80. The van der Waals surface area contributed by atoms with Crippen molar-refractivity contribution in [3.63, 3.8) is 0 Å². The topological polar surface area (TPSA) is 48.4 Å². The highest BCUT2D eigenvalue weighted by molar-refractivity contribution is 8.18. The Hall–Kier alpha value is -2.87. The van der Waals surface area contributed by atoms with E-state index in [0.29, 0.717) is 6.54 Å². The van der Waals surface area contributed by atoms with Crippen LogP contribution in [0.4, 0.5) is 11.4 Å². The number of fused-ring (bicyclic) bond motifs is 1. The molecule has 2 fully saturated rings. The van der Waals surface area contributed by atoms with Gasteiger partial charge in [0.15, 0.2) is 5.17 Å². The van der Waals surface area contributed by atoms with E-state index in [-0.39, 0.29) is 11.4 Å². The largest absolute Gasteiger partial charge is 0.379 e. The van der Waals surface area contributed by atoms with Crippen molar-refractivity contribution in [3.8, 4) is 0 Å². The minimum atomic E-state index is -0.0364. The zero-order chi connectivity index (χ0) is 26.9. The molecule has 2 aromatic carbocycles. The van der Waals surface area contributed by atoms with Gasteiger partial charge in [-0.3, -0.25) is 14.6 Å². The first-order valence-corrected chi connectivity index (χ1v) is 14.3. The molecular weight excluding hydrogens is 492 g/mol. The molecule has 0 radical (unpaired) electrons. The van der Waals surface area contributed by atoms with Gasteiger partial charge in [0, 0.05) is 44.5 Å². The van der Waals surface area contributed by atoms with Gasteiger partial charge < -0.3 is 9.64 Å². The molecule has 7 heteroatoms. The fourth-order valence-corrected chi connectivity index (χ4v) is 6.31. The van der Waals surface area contributed by atoms with Crippen LogP contribution in [-0.4, -0.2) is 72.9 Å². The zero-order valence-corrected chi connectivity index (χ0v) is 24.0. The summed E-state index contributed by atoms with van der Waals surface area (Å²) >= 11 is 1.48. The molecule has 38 heavy (non-hydrogen) atoms. The number of morpholine rings is 1. The van der Waals surface area contributed by atoms with E-state index in [1.807, 2.05) is 35.2 Å². The number of carbonyl (C=O) groups is 1. The van der Waals surface area contributed by atoms with E-state index in [1.165, 1.54) is 28.6 Å². The number of ether oxygens (including phenoxy) is 1. The number of aryl methyl sites for hydroxylation is 1. The van der Waals surface area contributed by atoms with Crippen molar-refractivity contribution in [1.29, 1.82) is 0 Å². The number of carbonyl (C=O) groups excluding carboxylic acids is 1. The molecule has 1 amide bonds. The van der Waals surface area contributed by atoms with E-state index in [1.54, 1.807) is 0 Å². The van der Waals surface area contributed by atoms with Gasteiger partial charge in [0.1, 0.15) is 0 Å². The second-order valence-electron chi connectivity index (χ2n) is 10.9.